The Kier molecular flexibility index (Phi) is 6.16. The lowest BCUT2D eigenvalue weighted by molar-refractivity contribution is -0.148. The summed E-state index contributed by atoms with van der Waals surface area (Å²) in [4.78, 5) is 15.3. The number of fused-ring (bicyclic) bond motifs is 1. The van der Waals surface area contributed by atoms with E-state index in [1.807, 2.05) is 0 Å². The number of amides is 1. The molecule has 28 heavy (non-hydrogen) atoms. The van der Waals surface area contributed by atoms with E-state index in [-0.39, 0.29) is 18.1 Å². The van der Waals surface area contributed by atoms with Crippen molar-refractivity contribution in [1.29, 1.82) is 0 Å². The number of ether oxygens (including phenoxy) is 2. The highest BCUT2D eigenvalue weighted by atomic mass is 16.5. The van der Waals surface area contributed by atoms with E-state index in [0.29, 0.717) is 19.2 Å². The summed E-state index contributed by atoms with van der Waals surface area (Å²) in [6.45, 7) is 6.68. The molecule has 2 fully saturated rings. The molecule has 2 N–H and O–H groups in total. The van der Waals surface area contributed by atoms with Crippen molar-refractivity contribution in [3.63, 3.8) is 0 Å². The van der Waals surface area contributed by atoms with Crippen LogP contribution in [0.4, 0.5) is 5.69 Å². The molecule has 2 atom stereocenters. The Labute approximate surface area is 167 Å². The monoisotopic (exact) mass is 388 g/mol. The number of benzene rings is 1. The first-order chi connectivity index (χ1) is 13.7. The molecule has 1 aromatic rings. The molecule has 4 rings (SSSR count). The van der Waals surface area contributed by atoms with Gasteiger partial charge < -0.3 is 24.7 Å². The average Bonchev–Trinajstić information content (AvgIpc) is 3.48. The summed E-state index contributed by atoms with van der Waals surface area (Å²) in [5.41, 5.74) is 7.16. The van der Waals surface area contributed by atoms with Crippen LogP contribution >= 0.6 is 0 Å². The van der Waals surface area contributed by atoms with Crippen molar-refractivity contribution in [3.8, 4) is 0 Å². The smallest absolute Gasteiger partial charge is 0.253 e. The number of anilines is 1. The van der Waals surface area contributed by atoms with E-state index in [0.717, 1.165) is 45.5 Å². The molecular weight excluding hydrogens is 356 g/mol. The van der Waals surface area contributed by atoms with Crippen LogP contribution in [-0.2, 0) is 20.8 Å². The zero-order chi connectivity index (χ0) is 19.5. The lowest BCUT2D eigenvalue weighted by Crippen LogP contribution is -2.50. The Hall–Kier alpha value is -1.67. The molecule has 1 aliphatic carbocycles. The fourth-order valence-electron chi connectivity index (χ4n) is 4.16. The number of rotatable bonds is 8. The van der Waals surface area contributed by atoms with Gasteiger partial charge in [0.1, 0.15) is 6.10 Å². The number of methoxy groups -OCH3 is 1. The quantitative estimate of drug-likeness (QED) is 0.660. The first-order valence-electron chi connectivity index (χ1n) is 10.5. The van der Waals surface area contributed by atoms with Gasteiger partial charge in [0.05, 0.1) is 18.3 Å². The first kappa shape index (κ1) is 19.6. The summed E-state index contributed by atoms with van der Waals surface area (Å²) in [5, 5.41) is 5.49. The van der Waals surface area contributed by atoms with Gasteiger partial charge in [-0.25, -0.2) is 5.43 Å². The maximum Gasteiger partial charge on any atom is 0.253 e. The number of nitrogens with zero attached hydrogens (tertiary/aromatic N) is 2. The van der Waals surface area contributed by atoms with Gasteiger partial charge in [-0.2, -0.15) is 0 Å². The van der Waals surface area contributed by atoms with Gasteiger partial charge in [0.25, 0.3) is 5.91 Å². The summed E-state index contributed by atoms with van der Waals surface area (Å²) < 4.78 is 10.9. The van der Waals surface area contributed by atoms with E-state index >= 15 is 0 Å². The summed E-state index contributed by atoms with van der Waals surface area (Å²) >= 11 is 0. The van der Waals surface area contributed by atoms with Crippen molar-refractivity contribution >= 4 is 11.6 Å². The summed E-state index contributed by atoms with van der Waals surface area (Å²) in [5.74, 6) is 0.123. The molecule has 0 aromatic heterocycles. The van der Waals surface area contributed by atoms with Crippen LogP contribution in [0.1, 0.15) is 43.4 Å². The second kappa shape index (κ2) is 8.78. The highest BCUT2D eigenvalue weighted by Crippen LogP contribution is 2.37. The van der Waals surface area contributed by atoms with E-state index < -0.39 is 0 Å². The number of hydrazine groups is 1. The van der Waals surface area contributed by atoms with Crippen LogP contribution in [0.5, 0.6) is 0 Å². The van der Waals surface area contributed by atoms with E-state index in [1.54, 1.807) is 7.11 Å². The fourth-order valence-corrected chi connectivity index (χ4v) is 4.16. The Morgan fingerprint density at radius 3 is 3.00 bits per heavy atom. The molecular formula is C21H32N4O3. The summed E-state index contributed by atoms with van der Waals surface area (Å²) in [7, 11) is 1.74. The Morgan fingerprint density at radius 2 is 2.29 bits per heavy atom. The fraction of sp³-hybridized carbons (Fsp3) is 0.667. The highest BCUT2D eigenvalue weighted by Gasteiger charge is 2.40. The number of carbonyl (C=O) groups excluding carboxylic acids is 1. The molecule has 0 spiro atoms. The lowest BCUT2D eigenvalue weighted by atomic mass is 10.0. The number of nitrogens with one attached hydrogen (secondary N) is 2. The molecule has 1 saturated heterocycles. The van der Waals surface area contributed by atoms with Crippen LogP contribution < -0.4 is 15.8 Å². The van der Waals surface area contributed by atoms with Crippen LogP contribution in [0.15, 0.2) is 18.2 Å². The molecule has 7 nitrogen and oxygen atoms in total. The normalized spacial score (nSPS) is 22.8. The molecule has 1 unspecified atom stereocenters. The van der Waals surface area contributed by atoms with Crippen molar-refractivity contribution in [2.24, 2.45) is 0 Å². The third-order valence-corrected chi connectivity index (χ3v) is 5.89. The van der Waals surface area contributed by atoms with Gasteiger partial charge in [-0.05, 0) is 43.4 Å². The third-order valence-electron chi connectivity index (χ3n) is 5.89. The predicted molar refractivity (Wildman–Crippen MR) is 108 cm³/mol. The Bertz CT molecular complexity index is 688. The largest absolute Gasteiger partial charge is 0.385 e. The van der Waals surface area contributed by atoms with Crippen molar-refractivity contribution in [2.75, 3.05) is 45.0 Å². The van der Waals surface area contributed by atoms with Crippen molar-refractivity contribution in [1.82, 2.24) is 15.6 Å². The first-order valence-corrected chi connectivity index (χ1v) is 10.5. The molecule has 7 heteroatoms. The van der Waals surface area contributed by atoms with Crippen LogP contribution in [0.3, 0.4) is 0 Å². The molecule has 0 radical (unpaired) electrons. The van der Waals surface area contributed by atoms with Gasteiger partial charge in [0, 0.05) is 45.9 Å². The van der Waals surface area contributed by atoms with Crippen molar-refractivity contribution in [2.45, 2.75) is 50.9 Å². The number of morpholine rings is 1. The average molecular weight is 389 g/mol. The zero-order valence-corrected chi connectivity index (χ0v) is 16.9. The van der Waals surface area contributed by atoms with Gasteiger partial charge in [0.2, 0.25) is 0 Å². The Balaban J connectivity index is 1.50. The van der Waals surface area contributed by atoms with Gasteiger partial charge in [-0.3, -0.25) is 4.79 Å². The molecule has 1 saturated carbocycles. The molecule has 2 heterocycles. The van der Waals surface area contributed by atoms with Gasteiger partial charge in [-0.1, -0.05) is 12.1 Å². The number of carbonyl (C=O) groups is 1. The van der Waals surface area contributed by atoms with Crippen LogP contribution in [0.25, 0.3) is 0 Å². The minimum Gasteiger partial charge on any atom is -0.385 e. The molecule has 2 aliphatic heterocycles. The Morgan fingerprint density at radius 1 is 1.43 bits per heavy atom. The van der Waals surface area contributed by atoms with E-state index in [2.05, 4.69) is 45.8 Å². The maximum atomic E-state index is 13.2. The lowest BCUT2D eigenvalue weighted by Gasteiger charge is -2.34. The zero-order valence-electron chi connectivity index (χ0n) is 16.9. The topological polar surface area (TPSA) is 66.1 Å². The third kappa shape index (κ3) is 4.17. The van der Waals surface area contributed by atoms with Gasteiger partial charge in [-0.15, -0.1) is 0 Å². The van der Waals surface area contributed by atoms with E-state index in [4.69, 9.17) is 9.47 Å². The van der Waals surface area contributed by atoms with E-state index in [1.165, 1.54) is 16.8 Å². The molecule has 3 aliphatic rings. The molecule has 0 bridgehead atoms. The minimum atomic E-state index is -0.363. The van der Waals surface area contributed by atoms with Crippen molar-refractivity contribution < 1.29 is 14.3 Å². The van der Waals surface area contributed by atoms with Crippen molar-refractivity contribution in [3.05, 3.63) is 29.3 Å². The maximum absolute atomic E-state index is 13.2. The standard InChI is InChI=1S/C21H32N4O3/c1-15(25(18-6-7-18)21(26)20-14-22-8-11-28-20)16-4-5-17-13-23-24(19(17)12-16)9-3-10-27-2/h4-5,12,15,18,20,22-23H,3,6-11,13-14H2,1-2H3/t15?,20-/m1/s1. The minimum absolute atomic E-state index is 0.0391. The SMILES string of the molecule is COCCCN1NCc2ccc(C(C)N(C(=O)[C@H]3CNCCO3)C3CC3)cc21. The number of hydrogen-bond acceptors (Lipinski definition) is 6. The second-order valence-electron chi connectivity index (χ2n) is 7.94. The van der Waals surface area contributed by atoms with Crippen LogP contribution in [0.2, 0.25) is 0 Å². The predicted octanol–water partition coefficient (Wildman–Crippen LogP) is 1.59. The number of hydrogen-bond donors (Lipinski definition) is 2. The van der Waals surface area contributed by atoms with Gasteiger partial charge in [0.15, 0.2) is 0 Å². The van der Waals surface area contributed by atoms with Crippen LogP contribution in [0, 0.1) is 0 Å². The van der Waals surface area contributed by atoms with Gasteiger partial charge >= 0.3 is 0 Å². The van der Waals surface area contributed by atoms with E-state index in [9.17, 15) is 4.79 Å². The molecule has 1 aromatic carbocycles. The second-order valence-corrected chi connectivity index (χ2v) is 7.94. The highest BCUT2D eigenvalue weighted by molar-refractivity contribution is 5.82. The summed E-state index contributed by atoms with van der Waals surface area (Å²) in [6, 6.07) is 7.00. The summed E-state index contributed by atoms with van der Waals surface area (Å²) in [6.07, 6.45) is 2.79. The molecule has 1 amide bonds. The molecule has 154 valence electrons. The van der Waals surface area contributed by atoms with Crippen LogP contribution in [-0.4, -0.2) is 62.9 Å².